The molecule has 1 saturated heterocycles. The SMILES string of the molecule is CN1CCC(NCc2cc(Br)ccc2F)C1. The van der Waals surface area contributed by atoms with E-state index in [0.717, 1.165) is 29.5 Å². The molecule has 88 valence electrons. The van der Waals surface area contributed by atoms with Crippen molar-refractivity contribution in [2.75, 3.05) is 20.1 Å². The van der Waals surface area contributed by atoms with Gasteiger partial charge in [-0.25, -0.2) is 4.39 Å². The van der Waals surface area contributed by atoms with Crippen molar-refractivity contribution in [2.45, 2.75) is 19.0 Å². The zero-order chi connectivity index (χ0) is 11.5. The molecule has 4 heteroatoms. The number of hydrogen-bond acceptors (Lipinski definition) is 2. The van der Waals surface area contributed by atoms with E-state index in [1.807, 2.05) is 6.07 Å². The van der Waals surface area contributed by atoms with Crippen LogP contribution in [0.3, 0.4) is 0 Å². The highest BCUT2D eigenvalue weighted by atomic mass is 79.9. The van der Waals surface area contributed by atoms with Gasteiger partial charge in [0.05, 0.1) is 0 Å². The number of hydrogen-bond donors (Lipinski definition) is 1. The van der Waals surface area contributed by atoms with E-state index in [-0.39, 0.29) is 5.82 Å². The van der Waals surface area contributed by atoms with Crippen molar-refractivity contribution in [1.29, 1.82) is 0 Å². The molecule has 16 heavy (non-hydrogen) atoms. The molecule has 1 aromatic rings. The lowest BCUT2D eigenvalue weighted by molar-refractivity contribution is 0.397. The van der Waals surface area contributed by atoms with Gasteiger partial charge in [-0.05, 0) is 38.2 Å². The Morgan fingerprint density at radius 3 is 3.06 bits per heavy atom. The standard InChI is InChI=1S/C12H16BrFN2/c1-16-5-4-11(8-16)15-7-9-6-10(13)2-3-12(9)14/h2-3,6,11,15H,4-5,7-8H2,1H3. The number of halogens is 2. The van der Waals surface area contributed by atoms with Crippen LogP contribution in [0.4, 0.5) is 4.39 Å². The second-order valence-electron chi connectivity index (χ2n) is 4.36. The second-order valence-corrected chi connectivity index (χ2v) is 5.28. The summed E-state index contributed by atoms with van der Waals surface area (Å²) in [5.41, 5.74) is 0.726. The highest BCUT2D eigenvalue weighted by Gasteiger charge is 2.18. The van der Waals surface area contributed by atoms with Crippen LogP contribution in [-0.4, -0.2) is 31.1 Å². The monoisotopic (exact) mass is 286 g/mol. The van der Waals surface area contributed by atoms with Crippen molar-refractivity contribution in [1.82, 2.24) is 10.2 Å². The Morgan fingerprint density at radius 1 is 1.56 bits per heavy atom. The van der Waals surface area contributed by atoms with E-state index in [1.165, 1.54) is 6.07 Å². The van der Waals surface area contributed by atoms with Crippen LogP contribution in [0.5, 0.6) is 0 Å². The summed E-state index contributed by atoms with van der Waals surface area (Å²) < 4.78 is 14.4. The van der Waals surface area contributed by atoms with E-state index < -0.39 is 0 Å². The Hall–Kier alpha value is -0.450. The highest BCUT2D eigenvalue weighted by molar-refractivity contribution is 9.10. The van der Waals surface area contributed by atoms with Crippen LogP contribution in [0, 0.1) is 5.82 Å². The first-order chi connectivity index (χ1) is 7.65. The topological polar surface area (TPSA) is 15.3 Å². The zero-order valence-corrected chi connectivity index (χ0v) is 10.9. The maximum atomic E-state index is 13.4. The third-order valence-electron chi connectivity index (χ3n) is 2.98. The van der Waals surface area contributed by atoms with Gasteiger partial charge in [0.25, 0.3) is 0 Å². The molecule has 0 aromatic heterocycles. The van der Waals surface area contributed by atoms with Crippen molar-refractivity contribution >= 4 is 15.9 Å². The number of rotatable bonds is 3. The summed E-state index contributed by atoms with van der Waals surface area (Å²) in [6, 6.07) is 5.55. The number of nitrogens with zero attached hydrogens (tertiary/aromatic N) is 1. The molecular weight excluding hydrogens is 271 g/mol. The van der Waals surface area contributed by atoms with Crippen molar-refractivity contribution < 1.29 is 4.39 Å². The van der Waals surface area contributed by atoms with Gasteiger partial charge in [0, 0.05) is 29.2 Å². The van der Waals surface area contributed by atoms with Crippen molar-refractivity contribution in [3.8, 4) is 0 Å². The van der Waals surface area contributed by atoms with Crippen LogP contribution in [0.1, 0.15) is 12.0 Å². The molecule has 2 nitrogen and oxygen atoms in total. The Balaban J connectivity index is 1.91. The largest absolute Gasteiger partial charge is 0.308 e. The summed E-state index contributed by atoms with van der Waals surface area (Å²) in [5.74, 6) is -0.137. The average Bonchev–Trinajstić information content (AvgIpc) is 2.66. The Labute approximate surface area is 104 Å². The predicted octanol–water partition coefficient (Wildman–Crippen LogP) is 2.38. The second kappa shape index (κ2) is 5.25. The van der Waals surface area contributed by atoms with E-state index >= 15 is 0 Å². The molecule has 0 amide bonds. The minimum absolute atomic E-state index is 0.137. The molecule has 1 aliphatic heterocycles. The summed E-state index contributed by atoms with van der Waals surface area (Å²) >= 11 is 3.36. The van der Waals surface area contributed by atoms with E-state index in [4.69, 9.17) is 0 Å². The molecule has 1 atom stereocenters. The molecule has 0 spiro atoms. The molecule has 1 N–H and O–H groups in total. The third-order valence-corrected chi connectivity index (χ3v) is 3.47. The van der Waals surface area contributed by atoms with Gasteiger partial charge in [-0.3, -0.25) is 0 Å². The summed E-state index contributed by atoms with van der Waals surface area (Å²) in [6.45, 7) is 2.78. The maximum Gasteiger partial charge on any atom is 0.127 e. The highest BCUT2D eigenvalue weighted by Crippen LogP contribution is 2.16. The van der Waals surface area contributed by atoms with Gasteiger partial charge in [0.15, 0.2) is 0 Å². The van der Waals surface area contributed by atoms with Crippen LogP contribution >= 0.6 is 15.9 Å². The summed E-state index contributed by atoms with van der Waals surface area (Å²) in [5, 5.41) is 3.39. The minimum Gasteiger partial charge on any atom is -0.308 e. The first-order valence-corrected chi connectivity index (χ1v) is 6.30. The first-order valence-electron chi connectivity index (χ1n) is 5.51. The number of likely N-dealkylation sites (tertiary alicyclic amines) is 1. The summed E-state index contributed by atoms with van der Waals surface area (Å²) in [7, 11) is 2.11. The third kappa shape index (κ3) is 3.03. The van der Waals surface area contributed by atoms with Gasteiger partial charge in [-0.2, -0.15) is 0 Å². The van der Waals surface area contributed by atoms with Crippen molar-refractivity contribution in [3.05, 3.63) is 34.1 Å². The smallest absolute Gasteiger partial charge is 0.127 e. The summed E-state index contributed by atoms with van der Waals surface area (Å²) in [6.07, 6.45) is 1.14. The molecule has 1 unspecified atom stereocenters. The lowest BCUT2D eigenvalue weighted by Crippen LogP contribution is -2.31. The summed E-state index contributed by atoms with van der Waals surface area (Å²) in [4.78, 5) is 2.29. The van der Waals surface area contributed by atoms with Gasteiger partial charge in [0.2, 0.25) is 0 Å². The molecule has 1 fully saturated rings. The van der Waals surface area contributed by atoms with Gasteiger partial charge < -0.3 is 10.2 Å². The molecule has 0 aliphatic carbocycles. The molecule has 0 radical (unpaired) electrons. The maximum absolute atomic E-state index is 13.4. The Kier molecular flexibility index (Phi) is 3.95. The minimum atomic E-state index is -0.137. The van der Waals surface area contributed by atoms with Crippen LogP contribution in [0.25, 0.3) is 0 Å². The van der Waals surface area contributed by atoms with Gasteiger partial charge in [0.1, 0.15) is 5.82 Å². The van der Waals surface area contributed by atoms with E-state index in [0.29, 0.717) is 12.6 Å². The van der Waals surface area contributed by atoms with E-state index in [9.17, 15) is 4.39 Å². The average molecular weight is 287 g/mol. The lowest BCUT2D eigenvalue weighted by atomic mass is 10.2. The molecule has 0 bridgehead atoms. The fraction of sp³-hybridized carbons (Fsp3) is 0.500. The Morgan fingerprint density at radius 2 is 2.38 bits per heavy atom. The Bertz CT molecular complexity index is 370. The lowest BCUT2D eigenvalue weighted by Gasteiger charge is -2.13. The molecule has 0 saturated carbocycles. The van der Waals surface area contributed by atoms with Crippen molar-refractivity contribution in [3.63, 3.8) is 0 Å². The van der Waals surface area contributed by atoms with E-state index in [1.54, 1.807) is 6.07 Å². The van der Waals surface area contributed by atoms with Crippen LogP contribution in [0.15, 0.2) is 22.7 Å². The molecule has 1 aliphatic rings. The van der Waals surface area contributed by atoms with Gasteiger partial charge in [-0.1, -0.05) is 15.9 Å². The predicted molar refractivity (Wildman–Crippen MR) is 66.8 cm³/mol. The number of benzene rings is 1. The normalized spacial score (nSPS) is 21.6. The fourth-order valence-corrected chi connectivity index (χ4v) is 2.44. The number of likely N-dealkylation sites (N-methyl/N-ethyl adjacent to an activating group) is 1. The van der Waals surface area contributed by atoms with Crippen LogP contribution < -0.4 is 5.32 Å². The van der Waals surface area contributed by atoms with Crippen LogP contribution in [-0.2, 0) is 6.54 Å². The molecule has 2 rings (SSSR count). The molecule has 1 aromatic carbocycles. The quantitative estimate of drug-likeness (QED) is 0.918. The first kappa shape index (κ1) is 12.0. The fourth-order valence-electron chi connectivity index (χ4n) is 2.03. The molecule has 1 heterocycles. The zero-order valence-electron chi connectivity index (χ0n) is 9.34. The molecular formula is C12H16BrFN2. The number of nitrogens with one attached hydrogen (secondary N) is 1. The van der Waals surface area contributed by atoms with Crippen molar-refractivity contribution in [2.24, 2.45) is 0 Å². The van der Waals surface area contributed by atoms with E-state index in [2.05, 4.69) is 33.2 Å². The van der Waals surface area contributed by atoms with Gasteiger partial charge >= 0.3 is 0 Å². The van der Waals surface area contributed by atoms with Gasteiger partial charge in [-0.15, -0.1) is 0 Å². The van der Waals surface area contributed by atoms with Crippen LogP contribution in [0.2, 0.25) is 0 Å².